The molecule has 0 spiro atoms. The smallest absolute Gasteiger partial charge is 0.264 e. The predicted octanol–water partition coefficient (Wildman–Crippen LogP) is 2.69. The van der Waals surface area contributed by atoms with Crippen molar-refractivity contribution in [1.82, 2.24) is 9.80 Å². The lowest BCUT2D eigenvalue weighted by Crippen LogP contribution is -2.46. The van der Waals surface area contributed by atoms with Gasteiger partial charge in [-0.1, -0.05) is 24.3 Å². The topological polar surface area (TPSA) is 43.9 Å². The lowest BCUT2D eigenvalue weighted by Gasteiger charge is -2.30. The zero-order valence-corrected chi connectivity index (χ0v) is 15.6. The van der Waals surface area contributed by atoms with Gasteiger partial charge in [-0.05, 0) is 30.0 Å². The average Bonchev–Trinajstić information content (AvgIpc) is 3.09. The number of fused-ring (bicyclic) bond motifs is 1. The zero-order chi connectivity index (χ0) is 18.0. The molecule has 0 saturated carbocycles. The second kappa shape index (κ2) is 7.27. The van der Waals surface area contributed by atoms with Crippen molar-refractivity contribution in [3.8, 4) is 0 Å². The molecule has 1 unspecified atom stereocenters. The van der Waals surface area contributed by atoms with Gasteiger partial charge in [0, 0.05) is 38.9 Å². The third-order valence-corrected chi connectivity index (χ3v) is 5.44. The number of likely N-dealkylation sites (N-methyl/N-ethyl adjacent to an activating group) is 2. The Morgan fingerprint density at radius 1 is 1.24 bits per heavy atom. The summed E-state index contributed by atoms with van der Waals surface area (Å²) in [7, 11) is 3.73. The Labute approximate surface area is 152 Å². The highest BCUT2D eigenvalue weighted by Gasteiger charge is 2.28. The Morgan fingerprint density at radius 2 is 2.00 bits per heavy atom. The molecule has 3 rings (SSSR count). The molecule has 5 nitrogen and oxygen atoms in total. The number of benzene rings is 1. The van der Waals surface area contributed by atoms with Crippen molar-refractivity contribution in [2.45, 2.75) is 19.5 Å². The molecule has 132 valence electrons. The molecular formula is C19H23N3O2S. The van der Waals surface area contributed by atoms with Crippen LogP contribution < -0.4 is 4.90 Å². The molecule has 2 amide bonds. The Kier molecular flexibility index (Phi) is 5.08. The number of carbonyl (C=O) groups excluding carboxylic acids is 2. The molecule has 0 N–H and O–H groups in total. The van der Waals surface area contributed by atoms with Gasteiger partial charge in [0.2, 0.25) is 5.91 Å². The fourth-order valence-corrected chi connectivity index (χ4v) is 3.95. The standard InChI is InChI=1S/C19H23N3O2S/c1-14-11-20(2)16-8-5-4-7-15(16)12-22(14)18(23)13-21(3)19(24)17-9-6-10-25-17/h4-10,14H,11-13H2,1-3H3. The minimum absolute atomic E-state index is 0.0231. The number of thiophene rings is 1. The minimum Gasteiger partial charge on any atom is -0.372 e. The summed E-state index contributed by atoms with van der Waals surface area (Å²) in [6, 6.07) is 11.9. The fourth-order valence-electron chi connectivity index (χ4n) is 3.24. The van der Waals surface area contributed by atoms with Crippen molar-refractivity contribution in [1.29, 1.82) is 0 Å². The van der Waals surface area contributed by atoms with E-state index in [9.17, 15) is 9.59 Å². The molecule has 1 atom stereocenters. The summed E-state index contributed by atoms with van der Waals surface area (Å²) in [5, 5.41) is 1.87. The van der Waals surface area contributed by atoms with E-state index in [2.05, 4.69) is 31.0 Å². The van der Waals surface area contributed by atoms with Gasteiger partial charge < -0.3 is 14.7 Å². The van der Waals surface area contributed by atoms with Crippen LogP contribution in [-0.4, -0.2) is 54.8 Å². The van der Waals surface area contributed by atoms with Crippen LogP contribution in [0.15, 0.2) is 41.8 Å². The first-order chi connectivity index (χ1) is 12.0. The molecule has 2 aromatic rings. The molecule has 1 aliphatic heterocycles. The van der Waals surface area contributed by atoms with E-state index in [0.717, 1.165) is 17.8 Å². The van der Waals surface area contributed by atoms with E-state index in [1.807, 2.05) is 28.5 Å². The van der Waals surface area contributed by atoms with Crippen LogP contribution in [0.25, 0.3) is 0 Å². The van der Waals surface area contributed by atoms with E-state index < -0.39 is 0 Å². The van der Waals surface area contributed by atoms with E-state index in [0.29, 0.717) is 11.4 Å². The van der Waals surface area contributed by atoms with Crippen LogP contribution in [0, 0.1) is 0 Å². The number of para-hydroxylation sites is 1. The van der Waals surface area contributed by atoms with Crippen molar-refractivity contribution < 1.29 is 9.59 Å². The molecule has 0 aliphatic carbocycles. The van der Waals surface area contributed by atoms with Gasteiger partial charge in [-0.15, -0.1) is 11.3 Å². The lowest BCUT2D eigenvalue weighted by molar-refractivity contribution is -0.134. The van der Waals surface area contributed by atoms with E-state index >= 15 is 0 Å². The summed E-state index contributed by atoms with van der Waals surface area (Å²) in [4.78, 5) is 31.5. The van der Waals surface area contributed by atoms with Crippen LogP contribution in [0.5, 0.6) is 0 Å². The lowest BCUT2D eigenvalue weighted by atomic mass is 10.1. The molecule has 1 aliphatic rings. The normalized spacial score (nSPS) is 17.0. The predicted molar refractivity (Wildman–Crippen MR) is 101 cm³/mol. The Balaban J connectivity index is 1.74. The van der Waals surface area contributed by atoms with E-state index in [-0.39, 0.29) is 24.4 Å². The maximum absolute atomic E-state index is 12.9. The third kappa shape index (κ3) is 3.69. The van der Waals surface area contributed by atoms with Gasteiger partial charge in [-0.2, -0.15) is 0 Å². The number of rotatable bonds is 3. The summed E-state index contributed by atoms with van der Waals surface area (Å²) >= 11 is 1.39. The number of carbonyl (C=O) groups is 2. The van der Waals surface area contributed by atoms with Crippen molar-refractivity contribution in [3.63, 3.8) is 0 Å². The molecule has 2 heterocycles. The second-order valence-corrected chi connectivity index (χ2v) is 7.47. The summed E-state index contributed by atoms with van der Waals surface area (Å²) in [6.45, 7) is 3.49. The Bertz CT molecular complexity index is 760. The first-order valence-electron chi connectivity index (χ1n) is 8.35. The molecule has 0 bridgehead atoms. The van der Waals surface area contributed by atoms with Crippen molar-refractivity contribution in [3.05, 3.63) is 52.2 Å². The second-order valence-electron chi connectivity index (χ2n) is 6.52. The van der Waals surface area contributed by atoms with Gasteiger partial charge in [0.05, 0.1) is 11.4 Å². The van der Waals surface area contributed by atoms with E-state index in [4.69, 9.17) is 0 Å². The highest BCUT2D eigenvalue weighted by atomic mass is 32.1. The quantitative estimate of drug-likeness (QED) is 0.848. The maximum Gasteiger partial charge on any atom is 0.264 e. The molecular weight excluding hydrogens is 334 g/mol. The summed E-state index contributed by atoms with van der Waals surface area (Å²) in [5.74, 6) is -0.131. The van der Waals surface area contributed by atoms with Crippen molar-refractivity contribution in [2.75, 3.05) is 32.1 Å². The van der Waals surface area contributed by atoms with Crippen LogP contribution in [0.2, 0.25) is 0 Å². The first kappa shape index (κ1) is 17.5. The number of anilines is 1. The summed E-state index contributed by atoms with van der Waals surface area (Å²) in [6.07, 6.45) is 0. The van der Waals surface area contributed by atoms with Crippen LogP contribution in [0.3, 0.4) is 0 Å². The van der Waals surface area contributed by atoms with Gasteiger partial charge in [0.25, 0.3) is 5.91 Å². The van der Waals surface area contributed by atoms with Crippen LogP contribution in [0.4, 0.5) is 5.69 Å². The fraction of sp³-hybridized carbons (Fsp3) is 0.368. The Morgan fingerprint density at radius 3 is 2.72 bits per heavy atom. The minimum atomic E-state index is -0.108. The largest absolute Gasteiger partial charge is 0.372 e. The molecule has 25 heavy (non-hydrogen) atoms. The Hall–Kier alpha value is -2.34. The van der Waals surface area contributed by atoms with Crippen molar-refractivity contribution >= 4 is 28.8 Å². The molecule has 0 fully saturated rings. The number of nitrogens with zero attached hydrogens (tertiary/aromatic N) is 3. The first-order valence-corrected chi connectivity index (χ1v) is 9.23. The van der Waals surface area contributed by atoms with Crippen LogP contribution in [0.1, 0.15) is 22.2 Å². The number of hydrogen-bond acceptors (Lipinski definition) is 4. The average molecular weight is 357 g/mol. The number of amides is 2. The monoisotopic (exact) mass is 357 g/mol. The van der Waals surface area contributed by atoms with Gasteiger partial charge >= 0.3 is 0 Å². The molecule has 6 heteroatoms. The SMILES string of the molecule is CC1CN(C)c2ccccc2CN1C(=O)CN(C)C(=O)c1cccs1. The van der Waals surface area contributed by atoms with Crippen LogP contribution in [-0.2, 0) is 11.3 Å². The summed E-state index contributed by atoms with van der Waals surface area (Å²) < 4.78 is 0. The van der Waals surface area contributed by atoms with Gasteiger partial charge in [-0.25, -0.2) is 0 Å². The molecule has 1 aromatic heterocycles. The van der Waals surface area contributed by atoms with Crippen LogP contribution >= 0.6 is 11.3 Å². The van der Waals surface area contributed by atoms with Gasteiger partial charge in [-0.3, -0.25) is 9.59 Å². The zero-order valence-electron chi connectivity index (χ0n) is 14.8. The third-order valence-electron chi connectivity index (χ3n) is 4.59. The maximum atomic E-state index is 12.9. The highest BCUT2D eigenvalue weighted by molar-refractivity contribution is 7.12. The molecule has 0 radical (unpaired) electrons. The van der Waals surface area contributed by atoms with E-state index in [1.165, 1.54) is 16.2 Å². The molecule has 0 saturated heterocycles. The highest BCUT2D eigenvalue weighted by Crippen LogP contribution is 2.26. The number of hydrogen-bond donors (Lipinski definition) is 0. The van der Waals surface area contributed by atoms with E-state index in [1.54, 1.807) is 13.1 Å². The molecule has 1 aromatic carbocycles. The van der Waals surface area contributed by atoms with Gasteiger partial charge in [0.15, 0.2) is 0 Å². The van der Waals surface area contributed by atoms with Gasteiger partial charge in [0.1, 0.15) is 0 Å². The van der Waals surface area contributed by atoms with Crippen molar-refractivity contribution in [2.24, 2.45) is 0 Å². The summed E-state index contributed by atoms with van der Waals surface area (Å²) in [5.41, 5.74) is 2.29.